The molecule has 0 radical (unpaired) electrons. The Morgan fingerprint density at radius 3 is 2.50 bits per heavy atom. The number of H-pyrrole nitrogens is 1. The first-order valence-corrected chi connectivity index (χ1v) is 5.27. The van der Waals surface area contributed by atoms with Crippen molar-refractivity contribution >= 4 is 17.3 Å². The molecule has 0 aliphatic carbocycles. The summed E-state index contributed by atoms with van der Waals surface area (Å²) in [7, 11) is 0. The molecule has 6 nitrogen and oxygen atoms in total. The van der Waals surface area contributed by atoms with Crippen molar-refractivity contribution in [1.29, 1.82) is 0 Å². The summed E-state index contributed by atoms with van der Waals surface area (Å²) in [5.41, 5.74) is 1.93. The molecule has 1 heterocycles. The van der Waals surface area contributed by atoms with Crippen molar-refractivity contribution in [3.8, 4) is 11.1 Å². The van der Waals surface area contributed by atoms with Crippen LogP contribution < -0.4 is 5.32 Å². The molecular formula is C12H11N3O3. The van der Waals surface area contributed by atoms with Gasteiger partial charge in [-0.15, -0.1) is 0 Å². The molecule has 2 aromatic rings. The number of carbonyl (C=O) groups is 1. The van der Waals surface area contributed by atoms with Crippen LogP contribution in [-0.2, 0) is 4.79 Å². The minimum Gasteiger partial charge on any atom is -0.361 e. The van der Waals surface area contributed by atoms with Gasteiger partial charge in [0.05, 0.1) is 16.7 Å². The third kappa shape index (κ3) is 2.37. The molecule has 0 unspecified atom stereocenters. The molecule has 92 valence electrons. The lowest BCUT2D eigenvalue weighted by Crippen LogP contribution is -2.05. The van der Waals surface area contributed by atoms with Gasteiger partial charge in [-0.2, -0.15) is 0 Å². The van der Waals surface area contributed by atoms with Crippen LogP contribution in [0.4, 0.5) is 11.4 Å². The van der Waals surface area contributed by atoms with Crippen molar-refractivity contribution in [1.82, 2.24) is 4.98 Å². The van der Waals surface area contributed by atoms with Crippen LogP contribution in [0.1, 0.15) is 6.92 Å². The van der Waals surface area contributed by atoms with Crippen LogP contribution in [0.25, 0.3) is 11.1 Å². The van der Waals surface area contributed by atoms with Gasteiger partial charge in [0.25, 0.3) is 5.69 Å². The molecule has 1 aromatic carbocycles. The normalized spacial score (nSPS) is 10.1. The zero-order chi connectivity index (χ0) is 13.1. The van der Waals surface area contributed by atoms with Gasteiger partial charge in [0, 0.05) is 18.8 Å². The summed E-state index contributed by atoms with van der Waals surface area (Å²) in [6.07, 6.45) is 2.92. The van der Waals surface area contributed by atoms with E-state index in [1.54, 1.807) is 30.5 Å². The summed E-state index contributed by atoms with van der Waals surface area (Å²) in [5.74, 6) is -0.157. The number of hydrogen-bond acceptors (Lipinski definition) is 3. The molecule has 2 N–H and O–H groups in total. The van der Waals surface area contributed by atoms with E-state index in [2.05, 4.69) is 10.3 Å². The van der Waals surface area contributed by atoms with Crippen LogP contribution >= 0.6 is 0 Å². The number of nitrogens with zero attached hydrogens (tertiary/aromatic N) is 1. The predicted octanol–water partition coefficient (Wildman–Crippen LogP) is 2.55. The summed E-state index contributed by atoms with van der Waals surface area (Å²) >= 11 is 0. The first-order chi connectivity index (χ1) is 8.58. The highest BCUT2D eigenvalue weighted by Gasteiger charge is 2.15. The standard InChI is InChI=1S/C12H11N3O3/c1-8(16)14-10-4-2-9(3-5-10)11-6-13-7-12(11)15(17)18/h2-7,13H,1H3,(H,14,16). The van der Waals surface area contributed by atoms with Crippen LogP contribution in [0.2, 0.25) is 0 Å². The number of nitrogens with one attached hydrogen (secondary N) is 2. The molecule has 1 amide bonds. The lowest BCUT2D eigenvalue weighted by molar-refractivity contribution is -0.384. The number of anilines is 1. The maximum atomic E-state index is 10.9. The van der Waals surface area contributed by atoms with Gasteiger partial charge in [0.1, 0.15) is 0 Å². The second-order valence-electron chi connectivity index (χ2n) is 3.77. The molecule has 0 bridgehead atoms. The van der Waals surface area contributed by atoms with Gasteiger partial charge >= 0.3 is 0 Å². The number of carbonyl (C=O) groups excluding carboxylic acids is 1. The van der Waals surface area contributed by atoms with Gasteiger partial charge < -0.3 is 10.3 Å². The van der Waals surface area contributed by atoms with Crippen molar-refractivity contribution < 1.29 is 9.72 Å². The Hall–Kier alpha value is -2.63. The Morgan fingerprint density at radius 1 is 1.28 bits per heavy atom. The van der Waals surface area contributed by atoms with Crippen molar-refractivity contribution in [2.45, 2.75) is 6.92 Å². The van der Waals surface area contributed by atoms with Crippen LogP contribution in [0.3, 0.4) is 0 Å². The van der Waals surface area contributed by atoms with Gasteiger partial charge in [-0.1, -0.05) is 12.1 Å². The maximum absolute atomic E-state index is 10.9. The third-order valence-electron chi connectivity index (χ3n) is 2.44. The smallest absolute Gasteiger partial charge is 0.294 e. The zero-order valence-electron chi connectivity index (χ0n) is 9.64. The highest BCUT2D eigenvalue weighted by molar-refractivity contribution is 5.89. The average molecular weight is 245 g/mol. The third-order valence-corrected chi connectivity index (χ3v) is 2.44. The Kier molecular flexibility index (Phi) is 3.09. The Morgan fingerprint density at radius 2 is 1.94 bits per heavy atom. The van der Waals surface area contributed by atoms with Crippen molar-refractivity contribution in [3.63, 3.8) is 0 Å². The van der Waals surface area contributed by atoms with E-state index >= 15 is 0 Å². The van der Waals surface area contributed by atoms with E-state index in [1.807, 2.05) is 0 Å². The zero-order valence-corrected chi connectivity index (χ0v) is 9.64. The largest absolute Gasteiger partial charge is 0.361 e. The minimum atomic E-state index is -0.437. The Bertz CT molecular complexity index is 587. The molecule has 0 saturated heterocycles. The number of benzene rings is 1. The lowest BCUT2D eigenvalue weighted by atomic mass is 10.1. The first-order valence-electron chi connectivity index (χ1n) is 5.27. The number of aromatic amines is 1. The summed E-state index contributed by atoms with van der Waals surface area (Å²) in [4.78, 5) is 23.9. The van der Waals surface area contributed by atoms with Gasteiger partial charge in [-0.25, -0.2) is 0 Å². The lowest BCUT2D eigenvalue weighted by Gasteiger charge is -2.03. The molecule has 18 heavy (non-hydrogen) atoms. The second-order valence-corrected chi connectivity index (χ2v) is 3.77. The SMILES string of the molecule is CC(=O)Nc1ccc(-c2c[nH]cc2[N+](=O)[O-])cc1. The highest BCUT2D eigenvalue weighted by Crippen LogP contribution is 2.29. The van der Waals surface area contributed by atoms with Crippen LogP contribution in [0, 0.1) is 10.1 Å². The fourth-order valence-corrected chi connectivity index (χ4v) is 1.67. The van der Waals surface area contributed by atoms with E-state index in [0.717, 1.165) is 5.56 Å². The molecule has 6 heteroatoms. The van der Waals surface area contributed by atoms with Crippen molar-refractivity contribution in [2.24, 2.45) is 0 Å². The molecule has 1 aromatic heterocycles. The highest BCUT2D eigenvalue weighted by atomic mass is 16.6. The Labute approximate surface area is 103 Å². The van der Waals surface area contributed by atoms with Gasteiger partial charge in [0.15, 0.2) is 0 Å². The minimum absolute atomic E-state index is 0.0299. The number of hydrogen-bond donors (Lipinski definition) is 2. The van der Waals surface area contributed by atoms with Crippen molar-refractivity contribution in [3.05, 3.63) is 46.8 Å². The number of amides is 1. The fourth-order valence-electron chi connectivity index (χ4n) is 1.67. The number of nitro groups is 1. The van der Waals surface area contributed by atoms with E-state index in [9.17, 15) is 14.9 Å². The average Bonchev–Trinajstić information content (AvgIpc) is 2.78. The quantitative estimate of drug-likeness (QED) is 0.643. The van der Waals surface area contributed by atoms with E-state index in [4.69, 9.17) is 0 Å². The van der Waals surface area contributed by atoms with Crippen molar-refractivity contribution in [2.75, 3.05) is 5.32 Å². The monoisotopic (exact) mass is 245 g/mol. The summed E-state index contributed by atoms with van der Waals surface area (Å²) in [6, 6.07) is 6.85. The molecule has 0 aliphatic rings. The molecular weight excluding hydrogens is 234 g/mol. The van der Waals surface area contributed by atoms with Gasteiger partial charge in [-0.05, 0) is 17.7 Å². The molecule has 0 fully saturated rings. The second kappa shape index (κ2) is 4.70. The van der Waals surface area contributed by atoms with E-state index in [0.29, 0.717) is 11.3 Å². The molecule has 0 spiro atoms. The maximum Gasteiger partial charge on any atom is 0.294 e. The molecule has 0 saturated carbocycles. The van der Waals surface area contributed by atoms with Crippen LogP contribution in [-0.4, -0.2) is 15.8 Å². The number of aromatic nitrogens is 1. The Balaban J connectivity index is 2.31. The summed E-state index contributed by atoms with van der Waals surface area (Å²) in [6.45, 7) is 1.42. The van der Waals surface area contributed by atoms with E-state index in [1.165, 1.54) is 13.1 Å². The van der Waals surface area contributed by atoms with Gasteiger partial charge in [0.2, 0.25) is 5.91 Å². The molecule has 2 rings (SSSR count). The molecule has 0 atom stereocenters. The molecule has 0 aliphatic heterocycles. The topological polar surface area (TPSA) is 88.0 Å². The summed E-state index contributed by atoms with van der Waals surface area (Å²) in [5, 5.41) is 13.4. The summed E-state index contributed by atoms with van der Waals surface area (Å²) < 4.78 is 0. The predicted molar refractivity (Wildman–Crippen MR) is 67.2 cm³/mol. The fraction of sp³-hybridized carbons (Fsp3) is 0.0833. The van der Waals surface area contributed by atoms with Crippen LogP contribution in [0.15, 0.2) is 36.7 Å². The first kappa shape index (κ1) is 11.8. The number of rotatable bonds is 3. The van der Waals surface area contributed by atoms with Crippen LogP contribution in [0.5, 0.6) is 0 Å². The van der Waals surface area contributed by atoms with E-state index < -0.39 is 4.92 Å². The van der Waals surface area contributed by atoms with E-state index in [-0.39, 0.29) is 11.6 Å². The van der Waals surface area contributed by atoms with Gasteiger partial charge in [-0.3, -0.25) is 14.9 Å².